The van der Waals surface area contributed by atoms with Gasteiger partial charge in [0.2, 0.25) is 0 Å². The van der Waals surface area contributed by atoms with Crippen LogP contribution in [0.15, 0.2) is 0 Å². The van der Waals surface area contributed by atoms with E-state index in [1.807, 2.05) is 0 Å². The van der Waals surface area contributed by atoms with Gasteiger partial charge in [-0.3, -0.25) is 9.80 Å². The Morgan fingerprint density at radius 3 is 2.83 bits per heavy atom. The smallest absolute Gasteiger partial charge is 0.0662 e. The molecule has 18 heavy (non-hydrogen) atoms. The number of hydrogen-bond donors (Lipinski definition) is 1. The average Bonchev–Trinajstić information content (AvgIpc) is 2.76. The van der Waals surface area contributed by atoms with E-state index in [0.717, 1.165) is 25.8 Å². The Morgan fingerprint density at radius 1 is 1.17 bits per heavy atom. The summed E-state index contributed by atoms with van der Waals surface area (Å²) in [5.74, 6) is 0. The van der Waals surface area contributed by atoms with Crippen molar-refractivity contribution in [2.24, 2.45) is 5.73 Å². The number of nitrogens with two attached hydrogens (primary N) is 1. The van der Waals surface area contributed by atoms with Gasteiger partial charge in [0, 0.05) is 32.3 Å². The maximum Gasteiger partial charge on any atom is 0.0662 e. The molecule has 3 aliphatic rings. The normalized spacial score (nSPS) is 39.5. The lowest BCUT2D eigenvalue weighted by Gasteiger charge is -2.46. The van der Waals surface area contributed by atoms with Crippen LogP contribution in [0.2, 0.25) is 0 Å². The molecule has 3 fully saturated rings. The fourth-order valence-corrected chi connectivity index (χ4v) is 4.01. The van der Waals surface area contributed by atoms with Crippen LogP contribution in [0.3, 0.4) is 0 Å². The Bertz CT molecular complexity index is 278. The fraction of sp³-hybridized carbons (Fsp3) is 1.00. The summed E-state index contributed by atoms with van der Waals surface area (Å²) in [5, 5.41) is 0. The molecule has 2 atom stereocenters. The highest BCUT2D eigenvalue weighted by atomic mass is 16.5. The Morgan fingerprint density at radius 2 is 2.06 bits per heavy atom. The lowest BCUT2D eigenvalue weighted by Crippen LogP contribution is -2.60. The summed E-state index contributed by atoms with van der Waals surface area (Å²) in [5.41, 5.74) is 6.26. The van der Waals surface area contributed by atoms with Crippen LogP contribution < -0.4 is 5.73 Å². The molecule has 0 spiro atoms. The maximum atomic E-state index is 6.12. The van der Waals surface area contributed by atoms with Crippen LogP contribution in [0.1, 0.15) is 32.1 Å². The summed E-state index contributed by atoms with van der Waals surface area (Å²) in [4.78, 5) is 5.36. The van der Waals surface area contributed by atoms with E-state index in [-0.39, 0.29) is 5.54 Å². The summed E-state index contributed by atoms with van der Waals surface area (Å²) in [6.45, 7) is 7.52. The lowest BCUT2D eigenvalue weighted by atomic mass is 9.89. The zero-order valence-corrected chi connectivity index (χ0v) is 11.4. The molecule has 0 radical (unpaired) electrons. The van der Waals surface area contributed by atoms with Crippen LogP contribution in [0.25, 0.3) is 0 Å². The van der Waals surface area contributed by atoms with Gasteiger partial charge in [-0.2, -0.15) is 0 Å². The molecule has 104 valence electrons. The quantitative estimate of drug-likeness (QED) is 0.785. The van der Waals surface area contributed by atoms with E-state index in [4.69, 9.17) is 10.5 Å². The van der Waals surface area contributed by atoms with Crippen LogP contribution in [0.4, 0.5) is 0 Å². The van der Waals surface area contributed by atoms with Crippen molar-refractivity contribution < 1.29 is 4.74 Å². The average molecular weight is 253 g/mol. The molecule has 3 heterocycles. The van der Waals surface area contributed by atoms with Gasteiger partial charge in [0.25, 0.3) is 0 Å². The molecule has 0 aromatic heterocycles. The number of fused-ring (bicyclic) bond motifs is 1. The van der Waals surface area contributed by atoms with E-state index in [0.29, 0.717) is 0 Å². The van der Waals surface area contributed by atoms with E-state index in [1.165, 1.54) is 58.3 Å². The lowest BCUT2D eigenvalue weighted by molar-refractivity contribution is -0.0467. The topological polar surface area (TPSA) is 41.7 Å². The molecule has 2 unspecified atom stereocenters. The third-order valence-corrected chi connectivity index (χ3v) is 5.16. The van der Waals surface area contributed by atoms with Gasteiger partial charge in [-0.1, -0.05) is 0 Å². The fourth-order valence-electron chi connectivity index (χ4n) is 4.01. The van der Waals surface area contributed by atoms with Crippen molar-refractivity contribution in [2.75, 3.05) is 45.9 Å². The number of nitrogens with zero attached hydrogens (tertiary/aromatic N) is 2. The van der Waals surface area contributed by atoms with Crippen molar-refractivity contribution in [1.82, 2.24) is 9.80 Å². The Labute approximate surface area is 110 Å². The number of ether oxygens (including phenoxy) is 1. The summed E-state index contributed by atoms with van der Waals surface area (Å²) in [7, 11) is 0. The second kappa shape index (κ2) is 5.45. The number of rotatable bonds is 2. The zero-order chi connectivity index (χ0) is 12.4. The van der Waals surface area contributed by atoms with Crippen LogP contribution in [-0.2, 0) is 4.74 Å². The Hall–Kier alpha value is -0.160. The van der Waals surface area contributed by atoms with Crippen molar-refractivity contribution in [2.45, 2.75) is 43.7 Å². The molecular formula is C14H27N3O. The molecule has 4 nitrogen and oxygen atoms in total. The van der Waals surface area contributed by atoms with Gasteiger partial charge in [0.05, 0.1) is 12.1 Å². The van der Waals surface area contributed by atoms with Gasteiger partial charge in [-0.05, 0) is 45.2 Å². The molecule has 4 heteroatoms. The minimum atomic E-state index is 0.136. The molecule has 3 rings (SSSR count). The standard InChI is InChI=1S/C14H27N3O/c15-11-14(5-2-9-18-12-14)17-8-3-7-16-6-1-4-13(16)10-17/h13H,1-12,15H2. The van der Waals surface area contributed by atoms with E-state index >= 15 is 0 Å². The summed E-state index contributed by atoms with van der Waals surface area (Å²) >= 11 is 0. The molecule has 2 N–H and O–H groups in total. The Balaban J connectivity index is 1.72. The van der Waals surface area contributed by atoms with E-state index in [2.05, 4.69) is 9.80 Å². The summed E-state index contributed by atoms with van der Waals surface area (Å²) < 4.78 is 5.75. The van der Waals surface area contributed by atoms with Gasteiger partial charge in [0.1, 0.15) is 0 Å². The van der Waals surface area contributed by atoms with Gasteiger partial charge in [-0.25, -0.2) is 0 Å². The van der Waals surface area contributed by atoms with Crippen LogP contribution >= 0.6 is 0 Å². The second-order valence-corrected chi connectivity index (χ2v) is 6.22. The second-order valence-electron chi connectivity index (χ2n) is 6.22. The maximum absolute atomic E-state index is 6.12. The predicted octanol–water partition coefficient (Wildman–Crippen LogP) is 0.664. The zero-order valence-electron chi connectivity index (χ0n) is 11.4. The van der Waals surface area contributed by atoms with Crippen molar-refractivity contribution in [3.05, 3.63) is 0 Å². The van der Waals surface area contributed by atoms with Crippen LogP contribution in [0.5, 0.6) is 0 Å². The molecule has 0 bridgehead atoms. The van der Waals surface area contributed by atoms with Crippen molar-refractivity contribution >= 4 is 0 Å². The Kier molecular flexibility index (Phi) is 3.89. The molecule has 0 saturated carbocycles. The van der Waals surface area contributed by atoms with Crippen molar-refractivity contribution in [1.29, 1.82) is 0 Å². The molecule has 0 amide bonds. The van der Waals surface area contributed by atoms with E-state index in [9.17, 15) is 0 Å². The SMILES string of the molecule is NCC1(N2CCCN3CCCC3C2)CCCOC1. The molecule has 3 saturated heterocycles. The third kappa shape index (κ3) is 2.31. The minimum absolute atomic E-state index is 0.136. The predicted molar refractivity (Wildman–Crippen MR) is 72.6 cm³/mol. The largest absolute Gasteiger partial charge is 0.379 e. The summed E-state index contributed by atoms with van der Waals surface area (Å²) in [6, 6.07) is 0.776. The molecule has 0 aromatic rings. The third-order valence-electron chi connectivity index (χ3n) is 5.16. The minimum Gasteiger partial charge on any atom is -0.379 e. The first-order chi connectivity index (χ1) is 8.84. The molecule has 0 aromatic carbocycles. The van der Waals surface area contributed by atoms with E-state index in [1.54, 1.807) is 0 Å². The van der Waals surface area contributed by atoms with Crippen molar-refractivity contribution in [3.8, 4) is 0 Å². The van der Waals surface area contributed by atoms with Gasteiger partial charge >= 0.3 is 0 Å². The molecule has 0 aliphatic carbocycles. The molecule has 3 aliphatic heterocycles. The van der Waals surface area contributed by atoms with Gasteiger partial charge in [-0.15, -0.1) is 0 Å². The highest BCUT2D eigenvalue weighted by Gasteiger charge is 2.41. The summed E-state index contributed by atoms with van der Waals surface area (Å²) in [6.07, 6.45) is 6.43. The van der Waals surface area contributed by atoms with Crippen LogP contribution in [0, 0.1) is 0 Å². The number of hydrogen-bond acceptors (Lipinski definition) is 4. The van der Waals surface area contributed by atoms with Crippen molar-refractivity contribution in [3.63, 3.8) is 0 Å². The first kappa shape index (κ1) is 12.9. The highest BCUT2D eigenvalue weighted by Crippen LogP contribution is 2.30. The monoisotopic (exact) mass is 253 g/mol. The van der Waals surface area contributed by atoms with Gasteiger partial charge in [0.15, 0.2) is 0 Å². The first-order valence-electron chi connectivity index (χ1n) is 7.61. The first-order valence-corrected chi connectivity index (χ1v) is 7.61. The molecular weight excluding hydrogens is 226 g/mol. The van der Waals surface area contributed by atoms with E-state index < -0.39 is 0 Å². The highest BCUT2D eigenvalue weighted by molar-refractivity contribution is 4.97. The van der Waals surface area contributed by atoms with Crippen LogP contribution in [-0.4, -0.2) is 67.3 Å². The van der Waals surface area contributed by atoms with Gasteiger partial charge < -0.3 is 10.5 Å².